The van der Waals surface area contributed by atoms with E-state index >= 15 is 0 Å². The van der Waals surface area contributed by atoms with Crippen LogP contribution in [0.5, 0.6) is 0 Å². The number of rotatable bonds is 0. The van der Waals surface area contributed by atoms with Gasteiger partial charge in [-0.2, -0.15) is 0 Å². The lowest BCUT2D eigenvalue weighted by atomic mass is 9.77. The van der Waals surface area contributed by atoms with Gasteiger partial charge in [0.15, 0.2) is 0 Å². The van der Waals surface area contributed by atoms with Crippen molar-refractivity contribution < 1.29 is 0 Å². The summed E-state index contributed by atoms with van der Waals surface area (Å²) in [6, 6.07) is 38.5. The fourth-order valence-electron chi connectivity index (χ4n) is 9.19. The van der Waals surface area contributed by atoms with Gasteiger partial charge in [-0.15, -0.1) is 0 Å². The van der Waals surface area contributed by atoms with Crippen molar-refractivity contribution in [3.05, 3.63) is 108 Å². The summed E-state index contributed by atoms with van der Waals surface area (Å²) in [5.74, 6) is 0. The van der Waals surface area contributed by atoms with E-state index in [0.29, 0.717) is 0 Å². The van der Waals surface area contributed by atoms with E-state index in [2.05, 4.69) is 139 Å². The summed E-state index contributed by atoms with van der Waals surface area (Å²) < 4.78 is 0. The minimum absolute atomic E-state index is 0.0697. The van der Waals surface area contributed by atoms with Crippen LogP contribution in [-0.2, 0) is 10.8 Å². The van der Waals surface area contributed by atoms with E-state index in [9.17, 15) is 0 Å². The van der Waals surface area contributed by atoms with Gasteiger partial charge in [-0.05, 0) is 154 Å². The first-order valence-electron chi connectivity index (χ1n) is 16.8. The quantitative estimate of drug-likeness (QED) is 0.122. The van der Waals surface area contributed by atoms with E-state index < -0.39 is 0 Å². The topological polar surface area (TPSA) is 0 Å². The fourth-order valence-corrected chi connectivity index (χ4v) is 9.19. The van der Waals surface area contributed by atoms with Crippen LogP contribution in [0.1, 0.15) is 52.7 Å². The zero-order chi connectivity index (χ0) is 31.0. The molecule has 0 amide bonds. The number of hydrogen-bond acceptors (Lipinski definition) is 0. The van der Waals surface area contributed by atoms with Crippen LogP contribution in [0.3, 0.4) is 0 Å². The highest BCUT2D eigenvalue weighted by molar-refractivity contribution is 6.51. The largest absolute Gasteiger partial charge is 0.0616 e. The first kappa shape index (κ1) is 25.3. The Hall–Kier alpha value is -4.94. The molecule has 0 spiro atoms. The van der Waals surface area contributed by atoms with Crippen LogP contribution < -0.4 is 0 Å². The zero-order valence-electron chi connectivity index (χ0n) is 27.2. The minimum atomic E-state index is 0.0697. The highest BCUT2D eigenvalue weighted by Crippen LogP contribution is 2.54. The molecule has 0 saturated carbocycles. The van der Waals surface area contributed by atoms with E-state index in [-0.39, 0.29) is 10.8 Å². The molecule has 0 fully saturated rings. The summed E-state index contributed by atoms with van der Waals surface area (Å²) in [4.78, 5) is 0. The fraction of sp³-hybridized carbons (Fsp3) is 0.174. The molecule has 0 aliphatic rings. The third-order valence-electron chi connectivity index (χ3n) is 11.4. The van der Waals surface area contributed by atoms with Crippen molar-refractivity contribution in [3.63, 3.8) is 0 Å². The molecular weight excluding hydrogens is 553 g/mol. The SMILES string of the molecule is CC(C)(C)c1cc2ccc3cc4c5ccccc5c5cc6ccc7cc(C(C)(C)C)cc8cc9c%10cc(c1)c2c3c%10c4c5c9c6c78. The molecular formula is C46H34. The van der Waals surface area contributed by atoms with Crippen LogP contribution in [0.15, 0.2) is 97.1 Å². The van der Waals surface area contributed by atoms with Crippen LogP contribution in [-0.4, -0.2) is 0 Å². The van der Waals surface area contributed by atoms with E-state index in [1.165, 1.54) is 119 Å². The molecule has 0 heterocycles. The summed E-state index contributed by atoms with van der Waals surface area (Å²) in [7, 11) is 0. The molecule has 0 nitrogen and oxygen atoms in total. The lowest BCUT2D eigenvalue weighted by molar-refractivity contribution is 0.591. The Bertz CT molecular complexity index is 2860. The van der Waals surface area contributed by atoms with Gasteiger partial charge in [0.1, 0.15) is 0 Å². The maximum Gasteiger partial charge on any atom is -0.000696 e. The molecule has 0 aliphatic heterocycles. The van der Waals surface area contributed by atoms with Crippen molar-refractivity contribution in [2.45, 2.75) is 52.4 Å². The van der Waals surface area contributed by atoms with Gasteiger partial charge in [0.25, 0.3) is 0 Å². The molecule has 0 aromatic heterocycles. The smallest absolute Gasteiger partial charge is 0.000696 e. The molecule has 11 aromatic carbocycles. The monoisotopic (exact) mass is 586 g/mol. The Labute approximate surface area is 267 Å². The predicted molar refractivity (Wildman–Crippen MR) is 204 cm³/mol. The average Bonchev–Trinajstić information content (AvgIpc) is 3.03. The van der Waals surface area contributed by atoms with Crippen molar-refractivity contribution in [2.75, 3.05) is 0 Å². The van der Waals surface area contributed by atoms with Crippen LogP contribution in [0, 0.1) is 0 Å². The van der Waals surface area contributed by atoms with E-state index in [1.807, 2.05) is 0 Å². The molecule has 46 heavy (non-hydrogen) atoms. The van der Waals surface area contributed by atoms with Crippen molar-refractivity contribution in [2.24, 2.45) is 0 Å². The number of benzene rings is 11. The highest BCUT2D eigenvalue weighted by Gasteiger charge is 2.27. The Balaban J connectivity index is 1.52. The summed E-state index contributed by atoms with van der Waals surface area (Å²) in [5, 5.41) is 27.7. The van der Waals surface area contributed by atoms with Crippen molar-refractivity contribution >= 4 is 108 Å². The van der Waals surface area contributed by atoms with Gasteiger partial charge in [-0.25, -0.2) is 0 Å². The normalized spacial score (nSPS) is 13.9. The molecule has 11 rings (SSSR count). The van der Waals surface area contributed by atoms with Crippen LogP contribution in [0.2, 0.25) is 0 Å². The van der Waals surface area contributed by atoms with Crippen LogP contribution >= 0.6 is 0 Å². The molecule has 0 heteroatoms. The maximum atomic E-state index is 2.55. The minimum Gasteiger partial charge on any atom is -0.0616 e. The standard InChI is InChI=1S/C46H34/c1-45(2,3)29-15-23-11-13-25-19-33-31-9-7-8-10-32(31)34-20-26-14-12-24-16-30(46(4,5)6)18-28-22-36-35-21-27(17-29)37(23)39(25)41(35)43(33)44(34)42(36)40(26)38(24)28/h7-22H,1-6H3. The Kier molecular flexibility index (Phi) is 4.23. The molecule has 0 bridgehead atoms. The second-order valence-corrected chi connectivity index (χ2v) is 16.2. The Morgan fingerprint density at radius 1 is 0.283 bits per heavy atom. The summed E-state index contributed by atoms with van der Waals surface area (Å²) in [6.45, 7) is 14.0. The molecule has 0 radical (unpaired) electrons. The van der Waals surface area contributed by atoms with Crippen LogP contribution in [0.4, 0.5) is 0 Å². The van der Waals surface area contributed by atoms with Crippen molar-refractivity contribution in [1.29, 1.82) is 0 Å². The first-order valence-corrected chi connectivity index (χ1v) is 16.8. The highest BCUT2D eigenvalue weighted by atomic mass is 14.3. The second-order valence-electron chi connectivity index (χ2n) is 16.2. The second kappa shape index (κ2) is 7.71. The first-order chi connectivity index (χ1) is 22.1. The van der Waals surface area contributed by atoms with Gasteiger partial charge in [-0.3, -0.25) is 0 Å². The van der Waals surface area contributed by atoms with E-state index in [1.54, 1.807) is 0 Å². The Morgan fingerprint density at radius 2 is 0.587 bits per heavy atom. The van der Waals surface area contributed by atoms with E-state index in [0.717, 1.165) is 0 Å². The predicted octanol–water partition coefficient (Wildman–Crippen LogP) is 13.6. The van der Waals surface area contributed by atoms with Gasteiger partial charge in [-0.1, -0.05) is 114 Å². The van der Waals surface area contributed by atoms with Gasteiger partial charge < -0.3 is 0 Å². The summed E-state index contributed by atoms with van der Waals surface area (Å²) >= 11 is 0. The third-order valence-corrected chi connectivity index (χ3v) is 11.4. The number of hydrogen-bond donors (Lipinski definition) is 0. The lowest BCUT2D eigenvalue weighted by Crippen LogP contribution is -2.11. The molecule has 0 saturated heterocycles. The van der Waals surface area contributed by atoms with Gasteiger partial charge in [0, 0.05) is 0 Å². The Morgan fingerprint density at radius 3 is 0.978 bits per heavy atom. The molecule has 218 valence electrons. The molecule has 11 aromatic rings. The van der Waals surface area contributed by atoms with Crippen molar-refractivity contribution in [1.82, 2.24) is 0 Å². The van der Waals surface area contributed by atoms with Gasteiger partial charge in [0.2, 0.25) is 0 Å². The van der Waals surface area contributed by atoms with Crippen LogP contribution in [0.25, 0.3) is 108 Å². The zero-order valence-corrected chi connectivity index (χ0v) is 27.2. The molecule has 0 N–H and O–H groups in total. The summed E-state index contributed by atoms with van der Waals surface area (Å²) in [6.07, 6.45) is 0. The maximum absolute atomic E-state index is 2.55. The van der Waals surface area contributed by atoms with E-state index in [4.69, 9.17) is 0 Å². The third kappa shape index (κ3) is 2.88. The average molecular weight is 587 g/mol. The van der Waals surface area contributed by atoms with Crippen molar-refractivity contribution in [3.8, 4) is 0 Å². The van der Waals surface area contributed by atoms with Gasteiger partial charge >= 0.3 is 0 Å². The molecule has 0 unspecified atom stereocenters. The van der Waals surface area contributed by atoms with Gasteiger partial charge in [0.05, 0.1) is 0 Å². The molecule has 0 aliphatic carbocycles. The number of fused-ring (bicyclic) bond motifs is 4. The lowest BCUT2D eigenvalue weighted by Gasteiger charge is -2.26. The molecule has 0 atom stereocenters. The summed E-state index contributed by atoms with van der Waals surface area (Å²) in [5.41, 5.74) is 2.93.